The van der Waals surface area contributed by atoms with Crippen LogP contribution in [0.1, 0.15) is 0 Å². The average molecular weight is 271 g/mol. The molecule has 0 aromatic heterocycles. The number of ether oxygens (including phenoxy) is 1. The van der Waals surface area contributed by atoms with Gasteiger partial charge in [0.2, 0.25) is 0 Å². The summed E-state index contributed by atoms with van der Waals surface area (Å²) in [5.74, 6) is 0.532. The van der Waals surface area contributed by atoms with Crippen molar-refractivity contribution in [3.8, 4) is 0 Å². The Labute approximate surface area is 115 Å². The summed E-state index contributed by atoms with van der Waals surface area (Å²) in [4.78, 5) is 13.8. The van der Waals surface area contributed by atoms with E-state index in [1.54, 1.807) is 11.8 Å². The first-order valence-electron chi connectivity index (χ1n) is 5.97. The summed E-state index contributed by atoms with van der Waals surface area (Å²) in [5.41, 5.74) is 1.68. The highest BCUT2D eigenvalue weighted by molar-refractivity contribution is 8.02. The van der Waals surface area contributed by atoms with Crippen LogP contribution in [-0.4, -0.2) is 23.7 Å². The highest BCUT2D eigenvalue weighted by Gasteiger charge is 2.24. The van der Waals surface area contributed by atoms with Gasteiger partial charge < -0.3 is 9.64 Å². The van der Waals surface area contributed by atoms with Gasteiger partial charge in [-0.1, -0.05) is 30.3 Å². The molecule has 2 heterocycles. The number of benzene rings is 1. The Morgan fingerprint density at radius 1 is 1.37 bits per heavy atom. The lowest BCUT2D eigenvalue weighted by Gasteiger charge is -2.27. The molecule has 1 aromatic rings. The van der Waals surface area contributed by atoms with E-state index in [2.05, 4.69) is 18.2 Å². The number of thioether (sulfide) groups is 1. The Bertz CT molecular complexity index is 703. The zero-order valence-corrected chi connectivity index (χ0v) is 11.3. The van der Waals surface area contributed by atoms with Crippen LogP contribution in [0, 0.1) is 0 Å². The lowest BCUT2D eigenvalue weighted by molar-refractivity contribution is -0.137. The molecule has 0 aliphatic carbocycles. The van der Waals surface area contributed by atoms with Crippen LogP contribution in [0.4, 0.5) is 0 Å². The number of rotatable bonds is 1. The van der Waals surface area contributed by atoms with Crippen molar-refractivity contribution in [1.29, 1.82) is 0 Å². The summed E-state index contributed by atoms with van der Waals surface area (Å²) in [6, 6.07) is 8.20. The number of carbonyl (C=O) groups excluding carboxylic acids is 1. The van der Waals surface area contributed by atoms with E-state index in [0.29, 0.717) is 5.70 Å². The first kappa shape index (κ1) is 12.1. The molecule has 0 amide bonds. The zero-order valence-electron chi connectivity index (χ0n) is 10.5. The van der Waals surface area contributed by atoms with Crippen LogP contribution in [0.15, 0.2) is 47.6 Å². The predicted molar refractivity (Wildman–Crippen MR) is 77.1 cm³/mol. The maximum absolute atomic E-state index is 11.8. The molecule has 2 aliphatic rings. The second kappa shape index (κ2) is 4.97. The molecule has 0 bridgehead atoms. The number of carbonyl (C=O) groups is 1. The van der Waals surface area contributed by atoms with Gasteiger partial charge >= 0.3 is 5.97 Å². The Balaban J connectivity index is 2.22. The third-order valence-corrected chi connectivity index (χ3v) is 3.97. The summed E-state index contributed by atoms with van der Waals surface area (Å²) in [6.07, 6.45) is 5.93. The number of fused-ring (bicyclic) bond motifs is 2. The van der Waals surface area contributed by atoms with Crippen molar-refractivity contribution in [2.24, 2.45) is 0 Å². The van der Waals surface area contributed by atoms with E-state index in [1.165, 1.54) is 12.3 Å². The van der Waals surface area contributed by atoms with E-state index in [9.17, 15) is 4.79 Å². The lowest BCUT2D eigenvalue weighted by atomic mass is 10.2. The van der Waals surface area contributed by atoms with Crippen molar-refractivity contribution in [1.82, 2.24) is 4.90 Å². The molecular formula is C15H13NO2S. The minimum Gasteiger partial charge on any atom is -0.464 e. The van der Waals surface area contributed by atoms with Crippen LogP contribution < -0.4 is 10.4 Å². The minimum atomic E-state index is -0.311. The Hall–Kier alpha value is -1.94. The quantitative estimate of drug-likeness (QED) is 0.717. The number of nitrogens with zero attached hydrogens (tertiary/aromatic N) is 1. The first-order valence-corrected chi connectivity index (χ1v) is 7.02. The molecule has 0 radical (unpaired) electrons. The smallest absolute Gasteiger partial charge is 0.355 e. The topological polar surface area (TPSA) is 29.5 Å². The van der Waals surface area contributed by atoms with E-state index in [0.717, 1.165) is 16.7 Å². The number of hydrogen-bond acceptors (Lipinski definition) is 4. The lowest BCUT2D eigenvalue weighted by Crippen LogP contribution is -2.34. The van der Waals surface area contributed by atoms with Crippen molar-refractivity contribution in [3.05, 3.63) is 58.1 Å². The second-order valence-corrected chi connectivity index (χ2v) is 5.08. The normalized spacial score (nSPS) is 16.8. The van der Waals surface area contributed by atoms with E-state index >= 15 is 0 Å². The Kier molecular flexibility index (Phi) is 3.17. The highest BCUT2D eigenvalue weighted by Crippen LogP contribution is 2.28. The minimum absolute atomic E-state index is 0.311. The summed E-state index contributed by atoms with van der Waals surface area (Å²) >= 11 is 1.62. The molecule has 3 nitrogen and oxygen atoms in total. The van der Waals surface area contributed by atoms with Crippen molar-refractivity contribution >= 4 is 29.5 Å². The van der Waals surface area contributed by atoms with E-state index < -0.39 is 0 Å². The largest absolute Gasteiger partial charge is 0.464 e. The van der Waals surface area contributed by atoms with Crippen LogP contribution in [0.2, 0.25) is 0 Å². The third-order valence-electron chi connectivity index (χ3n) is 3.14. The molecule has 3 rings (SSSR count). The molecule has 0 atom stereocenters. The average Bonchev–Trinajstić information content (AvgIpc) is 2.65. The third kappa shape index (κ3) is 2.08. The van der Waals surface area contributed by atoms with Gasteiger partial charge in [0.25, 0.3) is 0 Å². The van der Waals surface area contributed by atoms with Gasteiger partial charge in [-0.15, -0.1) is 11.8 Å². The number of methoxy groups -OCH3 is 1. The van der Waals surface area contributed by atoms with Crippen LogP contribution >= 0.6 is 11.8 Å². The monoisotopic (exact) mass is 271 g/mol. The van der Waals surface area contributed by atoms with Crippen LogP contribution in [0.5, 0.6) is 0 Å². The van der Waals surface area contributed by atoms with Crippen LogP contribution in [-0.2, 0) is 9.53 Å². The highest BCUT2D eigenvalue weighted by atomic mass is 32.2. The molecule has 0 saturated carbocycles. The fraction of sp³-hybridized carbons (Fsp3) is 0.133. The van der Waals surface area contributed by atoms with Gasteiger partial charge in [-0.05, 0) is 11.3 Å². The van der Waals surface area contributed by atoms with E-state index in [4.69, 9.17) is 4.74 Å². The van der Waals surface area contributed by atoms with Gasteiger partial charge in [0, 0.05) is 28.3 Å². The van der Waals surface area contributed by atoms with Crippen LogP contribution in [0.25, 0.3) is 11.8 Å². The van der Waals surface area contributed by atoms with Crippen LogP contribution in [0.3, 0.4) is 0 Å². The second-order valence-electron chi connectivity index (χ2n) is 4.22. The van der Waals surface area contributed by atoms with E-state index in [1.807, 2.05) is 34.7 Å². The molecule has 4 heteroatoms. The van der Waals surface area contributed by atoms with E-state index in [-0.39, 0.29) is 5.97 Å². The standard InChI is InChI=1S/C15H13NO2S/c1-18-15(17)14-10-19-9-13-12-7-3-2-5-11(12)6-4-8-16(13)14/h2-8,10H,9H2,1H3. The van der Waals surface area contributed by atoms with Gasteiger partial charge in [-0.2, -0.15) is 0 Å². The molecule has 2 aliphatic heterocycles. The molecule has 0 saturated heterocycles. The summed E-state index contributed by atoms with van der Waals surface area (Å²) in [6.45, 7) is 0. The molecule has 0 spiro atoms. The number of hydrogen-bond donors (Lipinski definition) is 0. The Morgan fingerprint density at radius 2 is 2.21 bits per heavy atom. The van der Waals surface area contributed by atoms with Gasteiger partial charge in [-0.3, -0.25) is 0 Å². The maximum atomic E-state index is 11.8. The summed E-state index contributed by atoms with van der Waals surface area (Å²) in [7, 11) is 1.41. The molecular weight excluding hydrogens is 258 g/mol. The van der Waals surface area contributed by atoms with Crippen molar-refractivity contribution in [2.75, 3.05) is 12.9 Å². The van der Waals surface area contributed by atoms with Gasteiger partial charge in [0.05, 0.1) is 7.11 Å². The molecule has 0 N–H and O–H groups in total. The molecule has 96 valence electrons. The fourth-order valence-corrected chi connectivity index (χ4v) is 3.14. The van der Waals surface area contributed by atoms with Crippen molar-refractivity contribution in [2.45, 2.75) is 0 Å². The van der Waals surface area contributed by atoms with Crippen molar-refractivity contribution < 1.29 is 9.53 Å². The van der Waals surface area contributed by atoms with Gasteiger partial charge in [0.15, 0.2) is 0 Å². The summed E-state index contributed by atoms with van der Waals surface area (Å²) < 4.78 is 4.85. The number of allylic oxidation sites excluding steroid dienone is 1. The van der Waals surface area contributed by atoms with Gasteiger partial charge in [0.1, 0.15) is 5.70 Å². The SMILES string of the molecule is COC(=O)C1=CSCC2=c3ccccc3=CC=CN12. The Morgan fingerprint density at radius 3 is 3.05 bits per heavy atom. The fourth-order valence-electron chi connectivity index (χ4n) is 2.24. The maximum Gasteiger partial charge on any atom is 0.355 e. The molecule has 0 fully saturated rings. The summed E-state index contributed by atoms with van der Waals surface area (Å²) in [5, 5.41) is 4.19. The predicted octanol–water partition coefficient (Wildman–Crippen LogP) is 1.17. The molecule has 19 heavy (non-hydrogen) atoms. The van der Waals surface area contributed by atoms with Crippen molar-refractivity contribution in [3.63, 3.8) is 0 Å². The molecule has 1 aromatic carbocycles. The zero-order chi connectivity index (χ0) is 13.2. The first-order chi connectivity index (χ1) is 9.31. The number of esters is 1. The molecule has 0 unspecified atom stereocenters. The van der Waals surface area contributed by atoms with Gasteiger partial charge in [-0.25, -0.2) is 4.79 Å².